The first-order valence-electron chi connectivity index (χ1n) is 9.14. The van der Waals surface area contributed by atoms with Crippen molar-refractivity contribution in [2.24, 2.45) is 5.92 Å². The number of fused-ring (bicyclic) bond motifs is 1. The van der Waals surface area contributed by atoms with Crippen molar-refractivity contribution < 1.29 is 12.8 Å². The van der Waals surface area contributed by atoms with Gasteiger partial charge in [0, 0.05) is 17.5 Å². The van der Waals surface area contributed by atoms with E-state index in [-0.39, 0.29) is 10.5 Å². The summed E-state index contributed by atoms with van der Waals surface area (Å²) in [6, 6.07) is 4.25. The predicted octanol–water partition coefficient (Wildman–Crippen LogP) is 2.92. The van der Waals surface area contributed by atoms with Gasteiger partial charge < -0.3 is 4.42 Å². The quantitative estimate of drug-likeness (QED) is 0.654. The molecule has 28 heavy (non-hydrogen) atoms. The molecule has 1 aliphatic rings. The highest BCUT2D eigenvalue weighted by Gasteiger charge is 2.21. The summed E-state index contributed by atoms with van der Waals surface area (Å²) in [5.74, 6) is 0.146. The lowest BCUT2D eigenvalue weighted by atomic mass is 9.99. The van der Waals surface area contributed by atoms with Crippen LogP contribution < -0.4 is 10.5 Å². The highest BCUT2D eigenvalue weighted by molar-refractivity contribution is 7.93. The summed E-state index contributed by atoms with van der Waals surface area (Å²) in [7, 11) is -3.83. The van der Waals surface area contributed by atoms with Gasteiger partial charge in [0.25, 0.3) is 10.0 Å². The number of hydrogen-bond donors (Lipinski definition) is 2. The van der Waals surface area contributed by atoms with E-state index >= 15 is 0 Å². The zero-order valence-electron chi connectivity index (χ0n) is 15.7. The number of aromatic nitrogens is 2. The van der Waals surface area contributed by atoms with Gasteiger partial charge in [-0.25, -0.2) is 18.2 Å². The maximum absolute atomic E-state index is 12.7. The van der Waals surface area contributed by atoms with Gasteiger partial charge in [-0.15, -0.1) is 0 Å². The molecule has 1 fully saturated rings. The summed E-state index contributed by atoms with van der Waals surface area (Å²) in [6.45, 7) is 7.08. The molecular weight excluding hydrogens is 400 g/mol. The topological polar surface area (TPSA) is 108 Å². The van der Waals surface area contributed by atoms with Crippen molar-refractivity contribution in [3.05, 3.63) is 39.3 Å². The second-order valence-corrected chi connectivity index (χ2v) is 10.0. The smallest absolute Gasteiger partial charge is 0.408 e. The van der Waals surface area contributed by atoms with E-state index in [9.17, 15) is 13.2 Å². The molecule has 0 aliphatic carbocycles. The van der Waals surface area contributed by atoms with E-state index in [1.807, 2.05) is 6.92 Å². The highest BCUT2D eigenvalue weighted by atomic mass is 32.2. The van der Waals surface area contributed by atoms with Crippen LogP contribution in [0.4, 0.5) is 5.13 Å². The van der Waals surface area contributed by atoms with E-state index in [0.29, 0.717) is 10.6 Å². The molecule has 1 aliphatic heterocycles. The fraction of sp³-hybridized carbons (Fsp3) is 0.444. The second-order valence-electron chi connectivity index (χ2n) is 7.26. The van der Waals surface area contributed by atoms with Gasteiger partial charge in [-0.3, -0.25) is 14.6 Å². The maximum Gasteiger partial charge on any atom is 0.417 e. The monoisotopic (exact) mass is 422 g/mol. The van der Waals surface area contributed by atoms with Crippen LogP contribution in [0.25, 0.3) is 11.1 Å². The molecule has 0 radical (unpaired) electrons. The first kappa shape index (κ1) is 19.2. The third-order valence-electron chi connectivity index (χ3n) is 5.06. The number of rotatable bonds is 5. The van der Waals surface area contributed by atoms with E-state index in [1.54, 1.807) is 0 Å². The minimum absolute atomic E-state index is 0.0159. The standard InChI is InChI=1S/C18H22N4O4S2/c1-11-5-7-22(8-6-11)10-16-12(2)19-17(27-16)21-28(24,25)13-3-4-14-15(9-13)26-18(23)20-14/h3-4,9,11H,5-8,10H2,1-2H3,(H,19,21)(H,20,23). The predicted molar refractivity (Wildman–Crippen MR) is 108 cm³/mol. The molecule has 0 amide bonds. The number of piperidine rings is 1. The number of sulfonamides is 1. The highest BCUT2D eigenvalue weighted by Crippen LogP contribution is 2.28. The van der Waals surface area contributed by atoms with Crippen LogP contribution in [0, 0.1) is 12.8 Å². The number of hydrogen-bond acceptors (Lipinski definition) is 7. The molecule has 0 saturated carbocycles. The number of anilines is 1. The SMILES string of the molecule is Cc1nc(NS(=O)(=O)c2ccc3[nH]c(=O)oc3c2)sc1CN1CCC(C)CC1. The molecular formula is C18H22N4O4S2. The lowest BCUT2D eigenvalue weighted by molar-refractivity contribution is 0.186. The number of likely N-dealkylation sites (tertiary alicyclic amines) is 1. The van der Waals surface area contributed by atoms with Crippen molar-refractivity contribution in [1.82, 2.24) is 14.9 Å². The van der Waals surface area contributed by atoms with Gasteiger partial charge >= 0.3 is 5.76 Å². The Kier molecular flexibility index (Phi) is 5.02. The Morgan fingerprint density at radius 3 is 2.86 bits per heavy atom. The number of aromatic amines is 1. The number of nitrogens with zero attached hydrogens (tertiary/aromatic N) is 2. The number of H-pyrrole nitrogens is 1. The van der Waals surface area contributed by atoms with Crippen LogP contribution in [0.5, 0.6) is 0 Å². The Bertz CT molecular complexity index is 1150. The van der Waals surface area contributed by atoms with E-state index in [2.05, 4.69) is 26.5 Å². The van der Waals surface area contributed by atoms with Crippen LogP contribution in [-0.2, 0) is 16.6 Å². The number of oxazole rings is 1. The first-order chi connectivity index (χ1) is 13.3. The van der Waals surface area contributed by atoms with Gasteiger partial charge in [-0.2, -0.15) is 0 Å². The van der Waals surface area contributed by atoms with Crippen LogP contribution in [0.3, 0.4) is 0 Å². The molecule has 0 unspecified atom stereocenters. The number of thiazole rings is 1. The Labute approximate surface area is 166 Å². The zero-order valence-corrected chi connectivity index (χ0v) is 17.3. The van der Waals surface area contributed by atoms with Gasteiger partial charge in [-0.1, -0.05) is 18.3 Å². The summed E-state index contributed by atoms with van der Waals surface area (Å²) >= 11 is 1.36. The van der Waals surface area contributed by atoms with Crippen LogP contribution in [0.1, 0.15) is 30.3 Å². The van der Waals surface area contributed by atoms with Gasteiger partial charge in [0.05, 0.1) is 16.1 Å². The Morgan fingerprint density at radius 2 is 2.11 bits per heavy atom. The van der Waals surface area contributed by atoms with E-state index < -0.39 is 15.8 Å². The lowest BCUT2D eigenvalue weighted by Gasteiger charge is -2.29. The van der Waals surface area contributed by atoms with Crippen molar-refractivity contribution in [3.8, 4) is 0 Å². The van der Waals surface area contributed by atoms with Crippen molar-refractivity contribution in [2.45, 2.75) is 38.1 Å². The van der Waals surface area contributed by atoms with Gasteiger partial charge in [0.15, 0.2) is 10.7 Å². The van der Waals surface area contributed by atoms with Crippen LogP contribution in [0.2, 0.25) is 0 Å². The van der Waals surface area contributed by atoms with Gasteiger partial charge in [0.2, 0.25) is 0 Å². The van der Waals surface area contributed by atoms with E-state index in [4.69, 9.17) is 4.42 Å². The molecule has 2 aromatic heterocycles. The summed E-state index contributed by atoms with van der Waals surface area (Å²) in [5, 5.41) is 0.341. The summed E-state index contributed by atoms with van der Waals surface area (Å²) in [6.07, 6.45) is 2.38. The molecule has 8 nitrogen and oxygen atoms in total. The molecule has 0 atom stereocenters. The molecule has 150 valence electrons. The van der Waals surface area contributed by atoms with Crippen molar-refractivity contribution in [1.29, 1.82) is 0 Å². The molecule has 3 aromatic rings. The van der Waals surface area contributed by atoms with Crippen molar-refractivity contribution in [2.75, 3.05) is 17.8 Å². The Hall–Kier alpha value is -2.17. The van der Waals surface area contributed by atoms with Crippen molar-refractivity contribution in [3.63, 3.8) is 0 Å². The molecule has 3 heterocycles. The second kappa shape index (κ2) is 7.34. The Balaban J connectivity index is 1.51. The van der Waals surface area contributed by atoms with Gasteiger partial charge in [0.1, 0.15) is 0 Å². The minimum atomic E-state index is -3.83. The lowest BCUT2D eigenvalue weighted by Crippen LogP contribution is -2.32. The fourth-order valence-corrected chi connectivity index (χ4v) is 5.56. The Morgan fingerprint density at radius 1 is 1.36 bits per heavy atom. The molecule has 0 spiro atoms. The first-order valence-corrected chi connectivity index (χ1v) is 11.4. The fourth-order valence-electron chi connectivity index (χ4n) is 3.31. The number of nitrogens with one attached hydrogen (secondary N) is 2. The molecule has 1 saturated heterocycles. The molecule has 2 N–H and O–H groups in total. The van der Waals surface area contributed by atoms with Crippen LogP contribution in [0.15, 0.2) is 32.3 Å². The van der Waals surface area contributed by atoms with Crippen LogP contribution >= 0.6 is 11.3 Å². The average molecular weight is 423 g/mol. The van der Waals surface area contributed by atoms with Gasteiger partial charge in [-0.05, 0) is 50.9 Å². The molecule has 10 heteroatoms. The maximum atomic E-state index is 12.7. The summed E-state index contributed by atoms with van der Waals surface area (Å²) in [4.78, 5) is 21.6. The third-order valence-corrected chi connectivity index (χ3v) is 7.58. The number of benzene rings is 1. The molecule has 4 rings (SSSR count). The largest absolute Gasteiger partial charge is 0.417 e. The summed E-state index contributed by atoms with van der Waals surface area (Å²) < 4.78 is 32.9. The number of aryl methyl sites for hydroxylation is 1. The van der Waals surface area contributed by atoms with E-state index in [0.717, 1.165) is 36.1 Å². The average Bonchev–Trinajstić information content (AvgIpc) is 3.17. The molecule has 1 aromatic carbocycles. The molecule has 0 bridgehead atoms. The minimum Gasteiger partial charge on any atom is -0.408 e. The van der Waals surface area contributed by atoms with E-state index in [1.165, 1.54) is 42.4 Å². The van der Waals surface area contributed by atoms with Crippen molar-refractivity contribution >= 4 is 37.6 Å². The zero-order chi connectivity index (χ0) is 19.9. The summed E-state index contributed by atoms with van der Waals surface area (Å²) in [5.41, 5.74) is 1.49. The normalized spacial score (nSPS) is 16.6. The third kappa shape index (κ3) is 3.98. The van der Waals surface area contributed by atoms with Crippen LogP contribution in [-0.4, -0.2) is 36.4 Å².